The summed E-state index contributed by atoms with van der Waals surface area (Å²) in [5.41, 5.74) is 0.475. The van der Waals surface area contributed by atoms with E-state index in [0.717, 1.165) is 33.7 Å². The number of sulfonamides is 1. The van der Waals surface area contributed by atoms with Gasteiger partial charge in [0, 0.05) is 13.1 Å². The van der Waals surface area contributed by atoms with Gasteiger partial charge in [-0.2, -0.15) is 4.31 Å². The first kappa shape index (κ1) is 23.9. The zero-order chi connectivity index (χ0) is 22.3. The average Bonchev–Trinajstić information content (AvgIpc) is 3.12. The lowest BCUT2D eigenvalue weighted by molar-refractivity contribution is -0.116. The number of amides is 2. The molecule has 2 amide bonds. The van der Waals surface area contributed by atoms with Crippen molar-refractivity contribution >= 4 is 55.8 Å². The minimum atomic E-state index is -3.46. The highest BCUT2D eigenvalue weighted by Crippen LogP contribution is 2.30. The first-order valence-electron chi connectivity index (χ1n) is 8.31. The van der Waals surface area contributed by atoms with Crippen LogP contribution in [0.2, 0.25) is 0 Å². The fourth-order valence-corrected chi connectivity index (χ4v) is 3.94. The second-order valence-corrected chi connectivity index (χ2v) is 10.1. The first-order valence-corrected chi connectivity index (χ1v) is 12.0. The van der Waals surface area contributed by atoms with Gasteiger partial charge in [-0.3, -0.25) is 14.9 Å². The molecule has 1 aromatic heterocycles. The van der Waals surface area contributed by atoms with Crippen molar-refractivity contribution in [3.63, 3.8) is 0 Å². The Balaban J connectivity index is 1.88. The largest absolute Gasteiger partial charge is 0.497 e. The molecule has 30 heavy (non-hydrogen) atoms. The molecule has 0 aliphatic rings. The molecule has 0 spiro atoms. The van der Waals surface area contributed by atoms with Gasteiger partial charge in [0.15, 0.2) is 4.34 Å². The van der Waals surface area contributed by atoms with Crippen molar-refractivity contribution in [2.75, 3.05) is 50.5 Å². The third-order valence-electron chi connectivity index (χ3n) is 3.59. The monoisotopic (exact) mass is 475 g/mol. The molecule has 0 aliphatic heterocycles. The smallest absolute Gasteiger partial charge is 0.241 e. The lowest BCUT2D eigenvalue weighted by Crippen LogP contribution is -2.34. The number of rotatable bonds is 10. The van der Waals surface area contributed by atoms with Gasteiger partial charge in [-0.15, -0.1) is 10.2 Å². The van der Waals surface area contributed by atoms with E-state index in [4.69, 9.17) is 9.47 Å². The number of carbonyl (C=O) groups excluding carboxylic acids is 2. The number of benzene rings is 1. The summed E-state index contributed by atoms with van der Waals surface area (Å²) >= 11 is 2.21. The average molecular weight is 476 g/mol. The molecular formula is C16H21N5O6S3. The quantitative estimate of drug-likeness (QED) is 0.382. The van der Waals surface area contributed by atoms with Gasteiger partial charge >= 0.3 is 0 Å². The zero-order valence-electron chi connectivity index (χ0n) is 16.7. The van der Waals surface area contributed by atoms with Gasteiger partial charge in [-0.25, -0.2) is 8.42 Å². The van der Waals surface area contributed by atoms with Crippen molar-refractivity contribution in [1.29, 1.82) is 0 Å². The number of hydrogen-bond acceptors (Lipinski definition) is 10. The molecule has 2 rings (SSSR count). The number of nitrogens with one attached hydrogen (secondary N) is 2. The summed E-state index contributed by atoms with van der Waals surface area (Å²) in [7, 11) is 0.853. The van der Waals surface area contributed by atoms with Crippen molar-refractivity contribution in [1.82, 2.24) is 14.5 Å². The van der Waals surface area contributed by atoms with Crippen molar-refractivity contribution < 1.29 is 27.5 Å². The molecule has 0 saturated heterocycles. The maximum absolute atomic E-state index is 12.2. The normalized spacial score (nSPS) is 11.2. The highest BCUT2D eigenvalue weighted by Gasteiger charge is 2.17. The number of methoxy groups -OCH3 is 2. The number of hydrogen-bond donors (Lipinski definition) is 2. The van der Waals surface area contributed by atoms with E-state index < -0.39 is 15.9 Å². The Bertz CT molecular complexity index is 1010. The third kappa shape index (κ3) is 7.12. The summed E-state index contributed by atoms with van der Waals surface area (Å²) in [6.45, 7) is -0.342. The Morgan fingerprint density at radius 2 is 1.90 bits per heavy atom. The Morgan fingerprint density at radius 3 is 2.53 bits per heavy atom. The van der Waals surface area contributed by atoms with E-state index in [1.54, 1.807) is 18.2 Å². The lowest BCUT2D eigenvalue weighted by Gasteiger charge is -2.12. The number of thioether (sulfide) groups is 1. The van der Waals surface area contributed by atoms with E-state index in [-0.39, 0.29) is 23.3 Å². The van der Waals surface area contributed by atoms with E-state index in [1.165, 1.54) is 21.3 Å². The van der Waals surface area contributed by atoms with E-state index in [1.807, 2.05) is 0 Å². The fraction of sp³-hybridized carbons (Fsp3) is 0.375. The van der Waals surface area contributed by atoms with Crippen LogP contribution in [0.3, 0.4) is 0 Å². The number of aromatic nitrogens is 2. The minimum absolute atomic E-state index is 0.0553. The van der Waals surface area contributed by atoms with Crippen LogP contribution in [0.5, 0.6) is 11.5 Å². The third-order valence-corrected chi connectivity index (χ3v) is 6.83. The van der Waals surface area contributed by atoms with Gasteiger partial charge in [0.05, 0.1) is 38.5 Å². The number of likely N-dealkylation sites (N-methyl/N-ethyl adjacent to an activating group) is 1. The Hall–Kier alpha value is -2.42. The molecule has 2 N–H and O–H groups in total. The standard InChI is InChI=1S/C16H21N5O6S3/c1-21(30(4,24)25)8-13(22)18-15-19-20-16(29-15)28-9-14(23)17-11-7-10(26-2)5-6-12(11)27-3/h5-7H,8-9H2,1-4H3,(H,17,23)(H,18,19,22). The Morgan fingerprint density at radius 1 is 1.17 bits per heavy atom. The molecule has 1 heterocycles. The summed E-state index contributed by atoms with van der Waals surface area (Å²) in [6.07, 6.45) is 1.01. The van der Waals surface area contributed by atoms with Crippen LogP contribution in [0.4, 0.5) is 10.8 Å². The van der Waals surface area contributed by atoms with Crippen LogP contribution in [-0.4, -0.2) is 74.6 Å². The zero-order valence-corrected chi connectivity index (χ0v) is 19.1. The maximum Gasteiger partial charge on any atom is 0.241 e. The topological polar surface area (TPSA) is 140 Å². The van der Waals surface area contributed by atoms with Gasteiger partial charge in [-0.1, -0.05) is 23.1 Å². The van der Waals surface area contributed by atoms with Crippen LogP contribution in [0.25, 0.3) is 0 Å². The Kier molecular flexibility index (Phi) is 8.40. The lowest BCUT2D eigenvalue weighted by atomic mass is 10.2. The van der Waals surface area contributed by atoms with Crippen molar-refractivity contribution in [3.05, 3.63) is 18.2 Å². The minimum Gasteiger partial charge on any atom is -0.497 e. The molecule has 11 nitrogen and oxygen atoms in total. The summed E-state index contributed by atoms with van der Waals surface area (Å²) in [4.78, 5) is 24.1. The molecule has 0 unspecified atom stereocenters. The first-order chi connectivity index (χ1) is 14.1. The number of anilines is 2. The van der Waals surface area contributed by atoms with Gasteiger partial charge in [-0.05, 0) is 12.1 Å². The summed E-state index contributed by atoms with van der Waals surface area (Å²) < 4.78 is 34.4. The fourth-order valence-electron chi connectivity index (χ4n) is 2.02. The summed E-state index contributed by atoms with van der Waals surface area (Å²) in [5.74, 6) is 0.291. The molecule has 0 saturated carbocycles. The number of nitrogens with zero attached hydrogens (tertiary/aromatic N) is 3. The Labute approximate surface area is 182 Å². The highest BCUT2D eigenvalue weighted by atomic mass is 32.2. The maximum atomic E-state index is 12.2. The SMILES string of the molecule is COc1ccc(OC)c(NC(=O)CSc2nnc(NC(=O)CN(C)S(C)(=O)=O)s2)c1. The molecular weight excluding hydrogens is 454 g/mol. The van der Waals surface area contributed by atoms with Gasteiger partial charge in [0.1, 0.15) is 11.5 Å². The van der Waals surface area contributed by atoms with Crippen LogP contribution in [0.15, 0.2) is 22.5 Å². The number of ether oxygens (including phenoxy) is 2. The molecule has 0 bridgehead atoms. The predicted octanol–water partition coefficient (Wildman–Crippen LogP) is 1.12. The van der Waals surface area contributed by atoms with Gasteiger partial charge in [0.2, 0.25) is 27.0 Å². The van der Waals surface area contributed by atoms with Crippen molar-refractivity contribution in [2.24, 2.45) is 0 Å². The van der Waals surface area contributed by atoms with Crippen LogP contribution in [0.1, 0.15) is 0 Å². The molecule has 0 radical (unpaired) electrons. The van der Waals surface area contributed by atoms with Crippen LogP contribution in [0, 0.1) is 0 Å². The molecule has 0 atom stereocenters. The second kappa shape index (κ2) is 10.6. The van der Waals surface area contributed by atoms with E-state index >= 15 is 0 Å². The van der Waals surface area contributed by atoms with Gasteiger partial charge < -0.3 is 14.8 Å². The van der Waals surface area contributed by atoms with Crippen molar-refractivity contribution in [3.8, 4) is 11.5 Å². The van der Waals surface area contributed by atoms with E-state index in [0.29, 0.717) is 21.5 Å². The number of carbonyl (C=O) groups is 2. The molecule has 1 aromatic carbocycles. The molecule has 14 heteroatoms. The van der Waals surface area contributed by atoms with E-state index in [2.05, 4.69) is 20.8 Å². The molecule has 164 valence electrons. The van der Waals surface area contributed by atoms with Gasteiger partial charge in [0.25, 0.3) is 0 Å². The van der Waals surface area contributed by atoms with Crippen LogP contribution >= 0.6 is 23.1 Å². The summed E-state index contributed by atoms with van der Waals surface area (Å²) in [6, 6.07) is 5.05. The highest BCUT2D eigenvalue weighted by molar-refractivity contribution is 8.01. The molecule has 0 fully saturated rings. The molecule has 0 aliphatic carbocycles. The summed E-state index contributed by atoms with van der Waals surface area (Å²) in [5, 5.41) is 13.1. The van der Waals surface area contributed by atoms with Crippen LogP contribution in [-0.2, 0) is 19.6 Å². The predicted molar refractivity (Wildman–Crippen MR) is 115 cm³/mol. The second-order valence-electron chi connectivity index (χ2n) is 5.84. The van der Waals surface area contributed by atoms with Crippen molar-refractivity contribution in [2.45, 2.75) is 4.34 Å². The van der Waals surface area contributed by atoms with Crippen LogP contribution < -0.4 is 20.1 Å². The molecule has 2 aromatic rings. The van der Waals surface area contributed by atoms with E-state index in [9.17, 15) is 18.0 Å².